The fourth-order valence-corrected chi connectivity index (χ4v) is 1.64. The van der Waals surface area contributed by atoms with E-state index in [1.54, 1.807) is 18.3 Å². The maximum atomic E-state index is 13.0. The molecule has 0 N–H and O–H groups in total. The minimum Gasteiger partial charge on any atom is -0.292 e. The molecule has 0 spiro atoms. The topological polar surface area (TPSA) is 53.8 Å². The van der Waals surface area contributed by atoms with Crippen LogP contribution < -0.4 is 0 Å². The number of halogens is 1. The summed E-state index contributed by atoms with van der Waals surface area (Å²) in [4.78, 5) is 16.0. The molecule has 0 aliphatic heterocycles. The lowest BCUT2D eigenvalue weighted by Gasteiger charge is -2.07. The van der Waals surface area contributed by atoms with Crippen molar-refractivity contribution in [3.05, 3.63) is 65.7 Å². The van der Waals surface area contributed by atoms with Gasteiger partial charge in [0.2, 0.25) is 0 Å². The van der Waals surface area contributed by atoms with Crippen LogP contribution in [0.5, 0.6) is 0 Å². The number of rotatable bonds is 3. The fourth-order valence-electron chi connectivity index (χ4n) is 1.64. The van der Waals surface area contributed by atoms with E-state index in [1.807, 2.05) is 6.07 Å². The number of hydrogen-bond donors (Lipinski definition) is 0. The summed E-state index contributed by atoms with van der Waals surface area (Å²) in [6.07, 6.45) is 3.02. The molecule has 18 heavy (non-hydrogen) atoms. The van der Waals surface area contributed by atoms with E-state index in [1.165, 1.54) is 24.4 Å². The van der Waals surface area contributed by atoms with Gasteiger partial charge in [-0.1, -0.05) is 18.2 Å². The van der Waals surface area contributed by atoms with Crippen LogP contribution in [0.25, 0.3) is 0 Å². The lowest BCUT2D eigenvalue weighted by atomic mass is 9.93. The lowest BCUT2D eigenvalue weighted by molar-refractivity contribution is 0.0978. The molecule has 1 aromatic carbocycles. The second-order valence-electron chi connectivity index (χ2n) is 3.72. The van der Waals surface area contributed by atoms with Crippen LogP contribution in [0.1, 0.15) is 21.8 Å². The van der Waals surface area contributed by atoms with E-state index in [0.717, 1.165) is 6.07 Å². The summed E-state index contributed by atoms with van der Waals surface area (Å²) in [5.41, 5.74) is 0.694. The lowest BCUT2D eigenvalue weighted by Crippen LogP contribution is -2.11. The third-order valence-corrected chi connectivity index (χ3v) is 2.52. The third-order valence-electron chi connectivity index (χ3n) is 2.52. The molecular weight excluding hydrogens is 231 g/mol. The monoisotopic (exact) mass is 240 g/mol. The fraction of sp³-hybridized carbons (Fsp3) is 0.0714. The van der Waals surface area contributed by atoms with Gasteiger partial charge in [0.05, 0.1) is 6.07 Å². The third kappa shape index (κ3) is 2.41. The average Bonchev–Trinajstić information content (AvgIpc) is 2.41. The van der Waals surface area contributed by atoms with Crippen molar-refractivity contribution < 1.29 is 9.18 Å². The van der Waals surface area contributed by atoms with Gasteiger partial charge in [0.15, 0.2) is 5.78 Å². The van der Waals surface area contributed by atoms with E-state index in [4.69, 9.17) is 5.26 Å². The van der Waals surface area contributed by atoms with Crippen LogP contribution in [0.4, 0.5) is 4.39 Å². The summed E-state index contributed by atoms with van der Waals surface area (Å²) in [5, 5.41) is 9.09. The molecule has 0 radical (unpaired) electrons. The Morgan fingerprint density at radius 3 is 2.78 bits per heavy atom. The normalized spacial score (nSPS) is 11.6. The molecule has 2 aromatic rings. The first kappa shape index (κ1) is 11.9. The first-order valence-corrected chi connectivity index (χ1v) is 5.31. The summed E-state index contributed by atoms with van der Waals surface area (Å²) in [6.45, 7) is 0. The largest absolute Gasteiger partial charge is 0.292 e. The van der Waals surface area contributed by atoms with Crippen LogP contribution in [-0.4, -0.2) is 10.8 Å². The second-order valence-corrected chi connectivity index (χ2v) is 3.72. The maximum Gasteiger partial charge on any atom is 0.184 e. The van der Waals surface area contributed by atoms with Gasteiger partial charge < -0.3 is 0 Å². The molecule has 1 unspecified atom stereocenters. The molecule has 0 saturated heterocycles. The SMILES string of the molecule is N#CC(C(=O)c1cccc(F)c1)c1cccnc1. The van der Waals surface area contributed by atoms with Crippen LogP contribution in [0, 0.1) is 17.1 Å². The smallest absolute Gasteiger partial charge is 0.184 e. The van der Waals surface area contributed by atoms with E-state index in [0.29, 0.717) is 5.56 Å². The van der Waals surface area contributed by atoms with E-state index in [9.17, 15) is 9.18 Å². The number of benzene rings is 1. The first-order chi connectivity index (χ1) is 8.72. The van der Waals surface area contributed by atoms with Gasteiger partial charge in [0.1, 0.15) is 11.7 Å². The number of nitriles is 1. The molecule has 1 aromatic heterocycles. The van der Waals surface area contributed by atoms with Crippen LogP contribution in [-0.2, 0) is 0 Å². The Bertz CT molecular complexity index is 605. The number of carbonyl (C=O) groups is 1. The summed E-state index contributed by atoms with van der Waals surface area (Å²) < 4.78 is 13.0. The minimum atomic E-state index is -0.958. The highest BCUT2D eigenvalue weighted by molar-refractivity contribution is 6.02. The molecule has 1 atom stereocenters. The summed E-state index contributed by atoms with van der Waals surface area (Å²) >= 11 is 0. The van der Waals surface area contributed by atoms with Crippen molar-refractivity contribution in [2.45, 2.75) is 5.92 Å². The van der Waals surface area contributed by atoms with Crippen molar-refractivity contribution in [2.24, 2.45) is 0 Å². The quantitative estimate of drug-likeness (QED) is 0.775. The predicted octanol–water partition coefficient (Wildman–Crippen LogP) is 2.71. The highest BCUT2D eigenvalue weighted by Crippen LogP contribution is 2.19. The molecule has 0 aliphatic carbocycles. The molecular formula is C14H9FN2O. The van der Waals surface area contributed by atoms with Crippen LogP contribution in [0.3, 0.4) is 0 Å². The number of ketones is 1. The number of carbonyl (C=O) groups excluding carboxylic acids is 1. The van der Waals surface area contributed by atoms with Crippen molar-refractivity contribution in [1.82, 2.24) is 4.98 Å². The second kappa shape index (κ2) is 5.19. The summed E-state index contributed by atoms with van der Waals surface area (Å²) in [6, 6.07) is 10.5. The highest BCUT2D eigenvalue weighted by atomic mass is 19.1. The molecule has 0 fully saturated rings. The molecule has 88 valence electrons. The van der Waals surface area contributed by atoms with Crippen LogP contribution in [0.2, 0.25) is 0 Å². The Labute approximate surface area is 104 Å². The Hall–Kier alpha value is -2.54. The Balaban J connectivity index is 2.36. The van der Waals surface area contributed by atoms with Crippen molar-refractivity contribution in [2.75, 3.05) is 0 Å². The van der Waals surface area contributed by atoms with E-state index < -0.39 is 17.5 Å². The number of pyridine rings is 1. The predicted molar refractivity (Wildman–Crippen MR) is 63.3 cm³/mol. The minimum absolute atomic E-state index is 0.186. The Morgan fingerprint density at radius 2 is 2.17 bits per heavy atom. The van der Waals surface area contributed by atoms with E-state index in [-0.39, 0.29) is 5.56 Å². The molecule has 0 saturated carbocycles. The van der Waals surface area contributed by atoms with Crippen LogP contribution in [0.15, 0.2) is 48.8 Å². The van der Waals surface area contributed by atoms with Crippen molar-refractivity contribution in [1.29, 1.82) is 5.26 Å². The van der Waals surface area contributed by atoms with E-state index >= 15 is 0 Å². The molecule has 3 nitrogen and oxygen atoms in total. The molecule has 0 amide bonds. The number of aromatic nitrogens is 1. The van der Waals surface area contributed by atoms with Gasteiger partial charge in [0.25, 0.3) is 0 Å². The van der Waals surface area contributed by atoms with Gasteiger partial charge in [-0.3, -0.25) is 9.78 Å². The maximum absolute atomic E-state index is 13.0. The molecule has 4 heteroatoms. The Kier molecular flexibility index (Phi) is 3.44. The Morgan fingerprint density at radius 1 is 1.33 bits per heavy atom. The zero-order valence-electron chi connectivity index (χ0n) is 9.38. The van der Waals surface area contributed by atoms with Crippen LogP contribution >= 0.6 is 0 Å². The van der Waals surface area contributed by atoms with Gasteiger partial charge in [-0.15, -0.1) is 0 Å². The van der Waals surface area contributed by atoms with E-state index in [2.05, 4.69) is 4.98 Å². The number of Topliss-reactive ketones (excluding diaryl/α,β-unsaturated/α-hetero) is 1. The standard InChI is InChI=1S/C14H9FN2O/c15-12-5-1-3-10(7-12)14(18)13(8-16)11-4-2-6-17-9-11/h1-7,9,13H. The average molecular weight is 240 g/mol. The zero-order chi connectivity index (χ0) is 13.0. The highest BCUT2D eigenvalue weighted by Gasteiger charge is 2.22. The summed E-state index contributed by atoms with van der Waals surface area (Å²) in [7, 11) is 0. The molecule has 2 rings (SSSR count). The van der Waals surface area contributed by atoms with Gasteiger partial charge in [-0.05, 0) is 23.8 Å². The molecule has 0 aliphatic rings. The summed E-state index contributed by atoms with van der Waals surface area (Å²) in [5.74, 6) is -1.88. The van der Waals surface area contributed by atoms with Gasteiger partial charge in [0, 0.05) is 18.0 Å². The van der Waals surface area contributed by atoms with Gasteiger partial charge in [-0.2, -0.15) is 5.26 Å². The zero-order valence-corrected chi connectivity index (χ0v) is 9.38. The number of nitrogens with zero attached hydrogens (tertiary/aromatic N) is 2. The van der Waals surface area contributed by atoms with Gasteiger partial charge >= 0.3 is 0 Å². The van der Waals surface area contributed by atoms with Crippen molar-refractivity contribution >= 4 is 5.78 Å². The van der Waals surface area contributed by atoms with Gasteiger partial charge in [-0.25, -0.2) is 4.39 Å². The van der Waals surface area contributed by atoms with Crippen molar-refractivity contribution in [3.8, 4) is 6.07 Å². The molecule has 1 heterocycles. The van der Waals surface area contributed by atoms with Crippen molar-refractivity contribution in [3.63, 3.8) is 0 Å². The first-order valence-electron chi connectivity index (χ1n) is 5.31. The molecule has 0 bridgehead atoms. The number of hydrogen-bond acceptors (Lipinski definition) is 3.